The Labute approximate surface area is 148 Å². The summed E-state index contributed by atoms with van der Waals surface area (Å²) in [5.74, 6) is -2.45. The summed E-state index contributed by atoms with van der Waals surface area (Å²) >= 11 is 0. The molecule has 0 radical (unpaired) electrons. The van der Waals surface area contributed by atoms with E-state index in [-0.39, 0.29) is 18.9 Å². The second kappa shape index (κ2) is 9.50. The maximum Gasteiger partial charge on any atom is 0.354 e. The van der Waals surface area contributed by atoms with Gasteiger partial charge in [0.05, 0.1) is 6.54 Å². The Morgan fingerprint density at radius 1 is 1.20 bits per heavy atom. The predicted octanol–water partition coefficient (Wildman–Crippen LogP) is 0.997. The van der Waals surface area contributed by atoms with Gasteiger partial charge < -0.3 is 10.2 Å². The highest BCUT2D eigenvalue weighted by Crippen LogP contribution is 2.21. The molecule has 8 heteroatoms. The fourth-order valence-electron chi connectivity index (χ4n) is 2.90. The number of hydrogen-bond donors (Lipinski definition) is 1. The molecular formula is C17H29N3O5. The topological polar surface area (TPSA) is 96.0 Å². The lowest BCUT2D eigenvalue weighted by atomic mass is 9.97. The van der Waals surface area contributed by atoms with E-state index in [0.29, 0.717) is 17.1 Å². The molecular weight excluding hydrogens is 326 g/mol. The molecule has 1 N–H and O–H groups in total. The first-order valence-electron chi connectivity index (χ1n) is 8.77. The number of rotatable bonds is 5. The second-order valence-corrected chi connectivity index (χ2v) is 6.56. The third-order valence-corrected chi connectivity index (χ3v) is 4.43. The van der Waals surface area contributed by atoms with Crippen LogP contribution in [0.15, 0.2) is 0 Å². The minimum atomic E-state index is -0.964. The van der Waals surface area contributed by atoms with Gasteiger partial charge in [-0.3, -0.25) is 19.3 Å². The molecule has 25 heavy (non-hydrogen) atoms. The zero-order valence-corrected chi connectivity index (χ0v) is 15.7. The Bertz CT molecular complexity index is 512. The highest BCUT2D eigenvalue weighted by Gasteiger charge is 2.29. The van der Waals surface area contributed by atoms with Crippen LogP contribution < -0.4 is 5.32 Å². The van der Waals surface area contributed by atoms with Gasteiger partial charge in [-0.1, -0.05) is 13.3 Å². The molecule has 1 saturated heterocycles. The molecule has 3 unspecified atom stereocenters. The van der Waals surface area contributed by atoms with Gasteiger partial charge in [-0.2, -0.15) is 0 Å². The number of hydroxylamine groups is 2. The minimum absolute atomic E-state index is 0.0261. The van der Waals surface area contributed by atoms with Crippen LogP contribution in [0.4, 0.5) is 0 Å². The van der Waals surface area contributed by atoms with Gasteiger partial charge in [0, 0.05) is 25.4 Å². The Hall–Kier alpha value is -1.96. The first kappa shape index (κ1) is 21.1. The van der Waals surface area contributed by atoms with Gasteiger partial charge in [0.1, 0.15) is 6.04 Å². The number of carbonyl (C=O) groups excluding carboxylic acids is 4. The normalized spacial score (nSPS) is 22.0. The third kappa shape index (κ3) is 6.12. The monoisotopic (exact) mass is 355 g/mol. The summed E-state index contributed by atoms with van der Waals surface area (Å²) < 4.78 is 0. The molecule has 1 heterocycles. The molecule has 1 fully saturated rings. The van der Waals surface area contributed by atoms with Crippen LogP contribution in [-0.2, 0) is 24.0 Å². The van der Waals surface area contributed by atoms with Crippen molar-refractivity contribution in [3.8, 4) is 0 Å². The second-order valence-electron chi connectivity index (χ2n) is 6.56. The Kier molecular flexibility index (Phi) is 8.02. The summed E-state index contributed by atoms with van der Waals surface area (Å²) in [5.41, 5.74) is 0. The summed E-state index contributed by atoms with van der Waals surface area (Å²) in [6, 6.07) is -0.339. The van der Waals surface area contributed by atoms with E-state index < -0.39 is 23.8 Å². The van der Waals surface area contributed by atoms with E-state index in [4.69, 9.17) is 4.84 Å². The average molecular weight is 355 g/mol. The van der Waals surface area contributed by atoms with E-state index >= 15 is 0 Å². The maximum atomic E-state index is 12.2. The Morgan fingerprint density at radius 3 is 2.24 bits per heavy atom. The number of carbonyl (C=O) groups is 4. The van der Waals surface area contributed by atoms with Gasteiger partial charge in [0.25, 0.3) is 11.8 Å². The molecule has 0 spiro atoms. The number of imide groups is 1. The molecule has 0 aromatic carbocycles. The van der Waals surface area contributed by atoms with Gasteiger partial charge >= 0.3 is 5.97 Å². The highest BCUT2D eigenvalue weighted by molar-refractivity contribution is 5.94. The zero-order chi connectivity index (χ0) is 19.1. The van der Waals surface area contributed by atoms with Gasteiger partial charge in [0.2, 0.25) is 5.91 Å². The van der Waals surface area contributed by atoms with E-state index in [2.05, 4.69) is 24.1 Å². The average Bonchev–Trinajstić information content (AvgIpc) is 2.54. The summed E-state index contributed by atoms with van der Waals surface area (Å²) in [6.45, 7) is 8.51. The molecule has 0 saturated carbocycles. The first-order valence-corrected chi connectivity index (χ1v) is 8.77. The predicted molar refractivity (Wildman–Crippen MR) is 91.0 cm³/mol. The highest BCUT2D eigenvalue weighted by atomic mass is 16.7. The molecule has 142 valence electrons. The Balaban J connectivity index is 2.57. The van der Waals surface area contributed by atoms with Gasteiger partial charge in [-0.15, -0.1) is 5.06 Å². The molecule has 0 aliphatic carbocycles. The van der Waals surface area contributed by atoms with Crippen molar-refractivity contribution in [2.75, 3.05) is 6.54 Å². The SMILES string of the molecule is CCC(=O)N(OC(=O)C(C)NC(=O)CN1C(C)CCCC1C)C(C)=O. The van der Waals surface area contributed by atoms with E-state index in [1.807, 2.05) is 0 Å². The van der Waals surface area contributed by atoms with Crippen molar-refractivity contribution in [2.45, 2.75) is 78.4 Å². The van der Waals surface area contributed by atoms with Crippen LogP contribution in [0, 0.1) is 0 Å². The van der Waals surface area contributed by atoms with Gasteiger partial charge in [-0.05, 0) is 33.6 Å². The van der Waals surface area contributed by atoms with Crippen molar-refractivity contribution in [2.24, 2.45) is 0 Å². The van der Waals surface area contributed by atoms with Crippen molar-refractivity contribution >= 4 is 23.7 Å². The number of nitrogens with one attached hydrogen (secondary N) is 1. The standard InChI is InChI=1S/C17H29N3O5/c1-6-16(23)20(14(5)21)25-17(24)13(4)18-15(22)10-19-11(2)8-7-9-12(19)3/h11-13H,6-10H2,1-5H3,(H,18,22). The third-order valence-electron chi connectivity index (χ3n) is 4.43. The van der Waals surface area contributed by atoms with Crippen molar-refractivity contribution in [3.63, 3.8) is 0 Å². The maximum absolute atomic E-state index is 12.2. The van der Waals surface area contributed by atoms with Crippen molar-refractivity contribution in [1.29, 1.82) is 0 Å². The number of hydrogen-bond acceptors (Lipinski definition) is 6. The smallest absolute Gasteiger partial charge is 0.342 e. The van der Waals surface area contributed by atoms with Crippen molar-refractivity contribution in [1.82, 2.24) is 15.3 Å². The molecule has 0 aromatic heterocycles. The molecule has 1 aliphatic rings. The summed E-state index contributed by atoms with van der Waals surface area (Å²) in [7, 11) is 0. The fourth-order valence-corrected chi connectivity index (χ4v) is 2.90. The molecule has 1 rings (SSSR count). The lowest BCUT2D eigenvalue weighted by Gasteiger charge is -2.38. The summed E-state index contributed by atoms with van der Waals surface area (Å²) in [5, 5.41) is 3.00. The Morgan fingerprint density at radius 2 is 1.76 bits per heavy atom. The number of piperidine rings is 1. The number of likely N-dealkylation sites (tertiary alicyclic amines) is 1. The molecule has 8 nitrogen and oxygen atoms in total. The summed E-state index contributed by atoms with van der Waals surface area (Å²) in [6.07, 6.45) is 3.26. The van der Waals surface area contributed by atoms with Crippen LogP contribution in [0.5, 0.6) is 0 Å². The van der Waals surface area contributed by atoms with Crippen LogP contribution >= 0.6 is 0 Å². The zero-order valence-electron chi connectivity index (χ0n) is 15.7. The van der Waals surface area contributed by atoms with Gasteiger partial charge in [0.15, 0.2) is 0 Å². The minimum Gasteiger partial charge on any atom is -0.342 e. The largest absolute Gasteiger partial charge is 0.354 e. The molecule has 3 amide bonds. The van der Waals surface area contributed by atoms with Crippen LogP contribution in [0.25, 0.3) is 0 Å². The molecule has 3 atom stereocenters. The van der Waals surface area contributed by atoms with Crippen LogP contribution in [0.3, 0.4) is 0 Å². The molecule has 1 aliphatic heterocycles. The van der Waals surface area contributed by atoms with Crippen LogP contribution in [0.1, 0.15) is 60.3 Å². The first-order chi connectivity index (χ1) is 11.7. The van der Waals surface area contributed by atoms with E-state index in [1.54, 1.807) is 6.92 Å². The van der Waals surface area contributed by atoms with Crippen LogP contribution in [-0.4, -0.2) is 58.3 Å². The quantitative estimate of drug-likeness (QED) is 0.739. The lowest BCUT2D eigenvalue weighted by molar-refractivity contribution is -0.202. The van der Waals surface area contributed by atoms with Crippen molar-refractivity contribution in [3.05, 3.63) is 0 Å². The lowest BCUT2D eigenvalue weighted by Crippen LogP contribution is -2.51. The van der Waals surface area contributed by atoms with Crippen LogP contribution in [0.2, 0.25) is 0 Å². The van der Waals surface area contributed by atoms with E-state index in [9.17, 15) is 19.2 Å². The number of amides is 3. The van der Waals surface area contributed by atoms with E-state index in [1.165, 1.54) is 6.92 Å². The molecule has 0 bridgehead atoms. The van der Waals surface area contributed by atoms with E-state index in [0.717, 1.165) is 26.2 Å². The summed E-state index contributed by atoms with van der Waals surface area (Å²) in [4.78, 5) is 54.2. The van der Waals surface area contributed by atoms with Gasteiger partial charge in [-0.25, -0.2) is 4.79 Å². The van der Waals surface area contributed by atoms with Crippen molar-refractivity contribution < 1.29 is 24.0 Å². The molecule has 0 aromatic rings. The fraction of sp³-hybridized carbons (Fsp3) is 0.765. The number of nitrogens with zero attached hydrogens (tertiary/aromatic N) is 2.